The van der Waals surface area contributed by atoms with Crippen molar-refractivity contribution in [2.24, 2.45) is 0 Å². The zero-order valence-corrected chi connectivity index (χ0v) is 16.6. The summed E-state index contributed by atoms with van der Waals surface area (Å²) in [6, 6.07) is 10.6. The van der Waals surface area contributed by atoms with Crippen LogP contribution in [0, 0.1) is 0 Å². The lowest BCUT2D eigenvalue weighted by molar-refractivity contribution is -0.128. The smallest absolute Gasteiger partial charge is 0.261 e. The van der Waals surface area contributed by atoms with Gasteiger partial charge in [0.15, 0.2) is 17.6 Å². The maximum absolute atomic E-state index is 12.5. The first-order chi connectivity index (χ1) is 13.0. The molecule has 7 heteroatoms. The molecule has 2 aromatic rings. The third kappa shape index (κ3) is 5.20. The van der Waals surface area contributed by atoms with Crippen molar-refractivity contribution >= 4 is 17.5 Å². The van der Waals surface area contributed by atoms with Gasteiger partial charge in [0.2, 0.25) is 5.75 Å². The fourth-order valence-electron chi connectivity index (χ4n) is 2.56. The predicted octanol–water partition coefficient (Wildman–Crippen LogP) is 3.84. The zero-order valence-electron chi connectivity index (χ0n) is 15.9. The monoisotopic (exact) mass is 393 g/mol. The van der Waals surface area contributed by atoms with Gasteiger partial charge in [-0.05, 0) is 36.2 Å². The number of halogens is 1. The molecule has 2 aromatic carbocycles. The number of carbonyl (C=O) groups excluding carboxylic acids is 1. The van der Waals surface area contributed by atoms with Gasteiger partial charge in [-0.1, -0.05) is 30.7 Å². The summed E-state index contributed by atoms with van der Waals surface area (Å²) < 4.78 is 21.7. The number of hydrogen-bond donors (Lipinski definition) is 1. The Bertz CT molecular complexity index is 756. The quantitative estimate of drug-likeness (QED) is 0.701. The van der Waals surface area contributed by atoms with Crippen LogP contribution >= 0.6 is 11.6 Å². The number of hydrogen-bond acceptors (Lipinski definition) is 5. The molecule has 2 rings (SSSR count). The first-order valence-electron chi connectivity index (χ1n) is 8.51. The number of methoxy groups -OCH3 is 3. The van der Waals surface area contributed by atoms with Crippen LogP contribution in [-0.2, 0) is 11.3 Å². The maximum atomic E-state index is 12.5. The molecule has 0 saturated carbocycles. The van der Waals surface area contributed by atoms with Crippen molar-refractivity contribution in [1.82, 2.24) is 5.32 Å². The van der Waals surface area contributed by atoms with Crippen molar-refractivity contribution in [1.29, 1.82) is 0 Å². The first kappa shape index (κ1) is 20.7. The summed E-state index contributed by atoms with van der Waals surface area (Å²) in [5.74, 6) is 1.81. The van der Waals surface area contributed by atoms with Crippen LogP contribution < -0.4 is 24.3 Å². The molecule has 0 aromatic heterocycles. The highest BCUT2D eigenvalue weighted by molar-refractivity contribution is 6.32. The topological polar surface area (TPSA) is 66.0 Å². The van der Waals surface area contributed by atoms with E-state index in [0.717, 1.165) is 5.56 Å². The van der Waals surface area contributed by atoms with E-state index in [2.05, 4.69) is 5.32 Å². The molecule has 0 bridgehead atoms. The highest BCUT2D eigenvalue weighted by atomic mass is 35.5. The van der Waals surface area contributed by atoms with E-state index in [1.807, 2.05) is 13.0 Å². The van der Waals surface area contributed by atoms with Gasteiger partial charge in [-0.3, -0.25) is 4.79 Å². The van der Waals surface area contributed by atoms with E-state index >= 15 is 0 Å². The summed E-state index contributed by atoms with van der Waals surface area (Å²) in [6.45, 7) is 2.17. The number of nitrogens with one attached hydrogen (secondary N) is 1. The second-order valence-corrected chi connectivity index (χ2v) is 6.10. The summed E-state index contributed by atoms with van der Waals surface area (Å²) in [6.07, 6.45) is -0.140. The third-order valence-corrected chi connectivity index (χ3v) is 4.27. The van der Waals surface area contributed by atoms with Crippen LogP contribution in [0.15, 0.2) is 36.4 Å². The van der Waals surface area contributed by atoms with Crippen LogP contribution in [0.1, 0.15) is 18.9 Å². The van der Waals surface area contributed by atoms with Crippen molar-refractivity contribution in [3.63, 3.8) is 0 Å². The van der Waals surface area contributed by atoms with Crippen molar-refractivity contribution < 1.29 is 23.7 Å². The Morgan fingerprint density at radius 3 is 2.19 bits per heavy atom. The molecule has 0 radical (unpaired) electrons. The van der Waals surface area contributed by atoms with Crippen molar-refractivity contribution in [2.45, 2.75) is 26.0 Å². The predicted molar refractivity (Wildman–Crippen MR) is 104 cm³/mol. The molecule has 146 valence electrons. The summed E-state index contributed by atoms with van der Waals surface area (Å²) in [5, 5.41) is 3.34. The Morgan fingerprint density at radius 1 is 1.04 bits per heavy atom. The van der Waals surface area contributed by atoms with E-state index in [4.69, 9.17) is 30.5 Å². The Balaban J connectivity index is 2.08. The molecule has 0 aliphatic carbocycles. The van der Waals surface area contributed by atoms with E-state index < -0.39 is 6.10 Å². The van der Waals surface area contributed by atoms with Gasteiger partial charge in [0, 0.05) is 6.54 Å². The molecule has 0 aliphatic rings. The molecule has 1 N–H and O–H groups in total. The van der Waals surface area contributed by atoms with Gasteiger partial charge < -0.3 is 24.3 Å². The van der Waals surface area contributed by atoms with Gasteiger partial charge in [-0.15, -0.1) is 0 Å². The Hall–Kier alpha value is -2.60. The van der Waals surface area contributed by atoms with Crippen LogP contribution in [0.25, 0.3) is 0 Å². The summed E-state index contributed by atoms with van der Waals surface area (Å²) in [4.78, 5) is 12.5. The van der Waals surface area contributed by atoms with Gasteiger partial charge in [0.1, 0.15) is 5.75 Å². The SMILES string of the molecule is CCC(Oc1ccccc1Cl)C(=O)NCc1cc(OC)c(OC)c(OC)c1. The molecule has 0 aliphatic heterocycles. The number of ether oxygens (including phenoxy) is 4. The Labute approximate surface area is 164 Å². The van der Waals surface area contributed by atoms with E-state index in [0.29, 0.717) is 34.4 Å². The standard InChI is InChI=1S/C20H24ClNO5/c1-5-15(27-16-9-7-6-8-14(16)21)20(23)22-12-13-10-17(24-2)19(26-4)18(11-13)25-3/h6-11,15H,5,12H2,1-4H3,(H,22,23). The minimum atomic E-state index is -0.646. The average Bonchev–Trinajstić information content (AvgIpc) is 2.70. The van der Waals surface area contributed by atoms with Crippen LogP contribution in [0.5, 0.6) is 23.0 Å². The fraction of sp³-hybridized carbons (Fsp3) is 0.350. The fourth-order valence-corrected chi connectivity index (χ4v) is 2.74. The van der Waals surface area contributed by atoms with Crippen LogP contribution in [-0.4, -0.2) is 33.3 Å². The van der Waals surface area contributed by atoms with Crippen LogP contribution in [0.2, 0.25) is 5.02 Å². The van der Waals surface area contributed by atoms with Crippen LogP contribution in [0.3, 0.4) is 0 Å². The summed E-state index contributed by atoms with van der Waals surface area (Å²) in [7, 11) is 4.63. The van der Waals surface area contributed by atoms with Gasteiger partial charge in [0.05, 0.1) is 26.4 Å². The third-order valence-electron chi connectivity index (χ3n) is 3.96. The lowest BCUT2D eigenvalue weighted by atomic mass is 10.1. The molecule has 0 fully saturated rings. The van der Waals surface area contributed by atoms with E-state index in [-0.39, 0.29) is 12.5 Å². The molecule has 0 spiro atoms. The van der Waals surface area contributed by atoms with Crippen LogP contribution in [0.4, 0.5) is 0 Å². The molecular weight excluding hydrogens is 370 g/mol. The highest BCUT2D eigenvalue weighted by Crippen LogP contribution is 2.38. The second kappa shape index (κ2) is 9.92. The molecular formula is C20H24ClNO5. The van der Waals surface area contributed by atoms with Crippen molar-refractivity contribution in [3.8, 4) is 23.0 Å². The number of amides is 1. The largest absolute Gasteiger partial charge is 0.493 e. The van der Waals surface area contributed by atoms with Gasteiger partial charge in [0.25, 0.3) is 5.91 Å². The van der Waals surface area contributed by atoms with Gasteiger partial charge in [-0.2, -0.15) is 0 Å². The Morgan fingerprint density at radius 2 is 1.67 bits per heavy atom. The number of carbonyl (C=O) groups is 1. The maximum Gasteiger partial charge on any atom is 0.261 e. The normalized spacial score (nSPS) is 11.4. The number of rotatable bonds is 9. The Kier molecular flexibility index (Phi) is 7.61. The molecule has 27 heavy (non-hydrogen) atoms. The first-order valence-corrected chi connectivity index (χ1v) is 8.89. The summed E-state index contributed by atoms with van der Waals surface area (Å²) in [5.41, 5.74) is 0.811. The minimum Gasteiger partial charge on any atom is -0.493 e. The highest BCUT2D eigenvalue weighted by Gasteiger charge is 2.20. The molecule has 0 heterocycles. The van der Waals surface area contributed by atoms with E-state index in [1.165, 1.54) is 0 Å². The van der Waals surface area contributed by atoms with Gasteiger partial charge in [-0.25, -0.2) is 0 Å². The van der Waals surface area contributed by atoms with E-state index in [1.54, 1.807) is 51.7 Å². The lowest BCUT2D eigenvalue weighted by Gasteiger charge is -2.19. The molecule has 6 nitrogen and oxygen atoms in total. The van der Waals surface area contributed by atoms with E-state index in [9.17, 15) is 4.79 Å². The van der Waals surface area contributed by atoms with Crippen molar-refractivity contribution in [2.75, 3.05) is 21.3 Å². The zero-order chi connectivity index (χ0) is 19.8. The lowest BCUT2D eigenvalue weighted by Crippen LogP contribution is -2.37. The van der Waals surface area contributed by atoms with Crippen molar-refractivity contribution in [3.05, 3.63) is 47.0 Å². The number of para-hydroxylation sites is 1. The molecule has 1 amide bonds. The molecule has 1 atom stereocenters. The minimum absolute atomic E-state index is 0.230. The average molecular weight is 394 g/mol. The second-order valence-electron chi connectivity index (χ2n) is 5.70. The molecule has 1 unspecified atom stereocenters. The number of benzene rings is 2. The molecule has 0 saturated heterocycles. The van der Waals surface area contributed by atoms with Gasteiger partial charge >= 0.3 is 0 Å². The summed E-state index contributed by atoms with van der Waals surface area (Å²) >= 11 is 6.10.